The van der Waals surface area contributed by atoms with E-state index in [1.165, 1.54) is 0 Å². The zero-order valence-electron chi connectivity index (χ0n) is 17.4. The van der Waals surface area contributed by atoms with Crippen LogP contribution < -0.4 is 9.47 Å². The molecule has 2 fully saturated rings. The average molecular weight is 411 g/mol. The first kappa shape index (κ1) is 20.7. The van der Waals surface area contributed by atoms with Crippen LogP contribution in [0.1, 0.15) is 23.2 Å². The highest BCUT2D eigenvalue weighted by Gasteiger charge is 2.26. The monoisotopic (exact) mass is 410 g/mol. The lowest BCUT2D eigenvalue weighted by Crippen LogP contribution is -2.50. The number of hydrogen-bond acceptors (Lipinski definition) is 5. The Morgan fingerprint density at radius 3 is 2.43 bits per heavy atom. The average Bonchev–Trinajstić information content (AvgIpc) is 3.31. The number of piperazine rings is 1. The molecule has 2 aromatic rings. The minimum absolute atomic E-state index is 0.0337. The molecule has 30 heavy (non-hydrogen) atoms. The topological polar surface area (TPSA) is 51.2 Å². The standard InChI is InChI=1S/C24H30N2O4/c27-24(26-14-12-25(13-15-26)19-21-9-6-16-28-21)22-10-4-5-11-23(22)30-18-17-29-20-7-2-1-3-8-20/h1-5,7-8,10-11,21H,6,9,12-19H2. The first-order valence-electron chi connectivity index (χ1n) is 10.8. The van der Waals surface area contributed by atoms with E-state index >= 15 is 0 Å². The van der Waals surface area contributed by atoms with Crippen molar-refractivity contribution in [1.29, 1.82) is 0 Å². The number of nitrogens with zero attached hydrogens (tertiary/aromatic N) is 2. The molecule has 4 rings (SSSR count). The molecule has 0 bridgehead atoms. The third-order valence-electron chi connectivity index (χ3n) is 5.62. The molecule has 0 saturated carbocycles. The summed E-state index contributed by atoms with van der Waals surface area (Å²) in [5, 5.41) is 0. The molecule has 0 radical (unpaired) electrons. The molecule has 2 aliphatic rings. The summed E-state index contributed by atoms with van der Waals surface area (Å²) in [6, 6.07) is 17.1. The molecule has 0 N–H and O–H groups in total. The van der Waals surface area contributed by atoms with Crippen molar-refractivity contribution in [3.8, 4) is 11.5 Å². The zero-order valence-corrected chi connectivity index (χ0v) is 17.4. The van der Waals surface area contributed by atoms with Gasteiger partial charge in [0, 0.05) is 39.3 Å². The van der Waals surface area contributed by atoms with E-state index in [9.17, 15) is 4.79 Å². The largest absolute Gasteiger partial charge is 0.490 e. The highest BCUT2D eigenvalue weighted by atomic mass is 16.5. The van der Waals surface area contributed by atoms with Crippen LogP contribution in [0.2, 0.25) is 0 Å². The first-order valence-corrected chi connectivity index (χ1v) is 10.8. The van der Waals surface area contributed by atoms with Crippen LogP contribution in [-0.2, 0) is 4.74 Å². The molecule has 6 nitrogen and oxygen atoms in total. The highest BCUT2D eigenvalue weighted by molar-refractivity contribution is 5.97. The van der Waals surface area contributed by atoms with E-state index in [-0.39, 0.29) is 5.91 Å². The quantitative estimate of drug-likeness (QED) is 0.626. The molecule has 0 aromatic heterocycles. The number of amides is 1. The van der Waals surface area contributed by atoms with Gasteiger partial charge in [0.1, 0.15) is 24.7 Å². The molecule has 160 valence electrons. The summed E-state index contributed by atoms with van der Waals surface area (Å²) in [7, 11) is 0. The minimum atomic E-state index is 0.0337. The van der Waals surface area contributed by atoms with Crippen LogP contribution in [0.3, 0.4) is 0 Å². The van der Waals surface area contributed by atoms with Gasteiger partial charge in [0.05, 0.1) is 11.7 Å². The fourth-order valence-electron chi connectivity index (χ4n) is 3.98. The summed E-state index contributed by atoms with van der Waals surface area (Å²) in [4.78, 5) is 17.4. The van der Waals surface area contributed by atoms with E-state index in [0.29, 0.717) is 30.6 Å². The van der Waals surface area contributed by atoms with Crippen LogP contribution in [0.4, 0.5) is 0 Å². The molecule has 0 spiro atoms. The smallest absolute Gasteiger partial charge is 0.257 e. The van der Waals surface area contributed by atoms with Crippen molar-refractivity contribution < 1.29 is 19.0 Å². The van der Waals surface area contributed by atoms with Crippen LogP contribution >= 0.6 is 0 Å². The molecule has 6 heteroatoms. The molecule has 1 atom stereocenters. The molecular weight excluding hydrogens is 380 g/mol. The number of carbonyl (C=O) groups excluding carboxylic acids is 1. The summed E-state index contributed by atoms with van der Waals surface area (Å²) in [6.07, 6.45) is 2.67. The van der Waals surface area contributed by atoms with Crippen LogP contribution in [0.25, 0.3) is 0 Å². The maximum absolute atomic E-state index is 13.1. The molecule has 2 saturated heterocycles. The van der Waals surface area contributed by atoms with Crippen molar-refractivity contribution in [3.05, 3.63) is 60.2 Å². The Kier molecular flexibility index (Phi) is 7.21. The van der Waals surface area contributed by atoms with Crippen LogP contribution in [0.15, 0.2) is 54.6 Å². The second-order valence-electron chi connectivity index (χ2n) is 7.73. The highest BCUT2D eigenvalue weighted by Crippen LogP contribution is 2.21. The van der Waals surface area contributed by atoms with Gasteiger partial charge in [-0.05, 0) is 37.1 Å². The fraction of sp³-hybridized carbons (Fsp3) is 0.458. The van der Waals surface area contributed by atoms with Crippen LogP contribution in [0.5, 0.6) is 11.5 Å². The van der Waals surface area contributed by atoms with Crippen molar-refractivity contribution >= 4 is 5.91 Å². The van der Waals surface area contributed by atoms with Gasteiger partial charge < -0.3 is 19.1 Å². The third kappa shape index (κ3) is 5.52. The van der Waals surface area contributed by atoms with Crippen molar-refractivity contribution in [2.45, 2.75) is 18.9 Å². The number of carbonyl (C=O) groups is 1. The lowest BCUT2D eigenvalue weighted by molar-refractivity contribution is 0.0430. The zero-order chi connectivity index (χ0) is 20.6. The van der Waals surface area contributed by atoms with E-state index in [1.807, 2.05) is 59.5 Å². The van der Waals surface area contributed by atoms with Gasteiger partial charge in [0.15, 0.2) is 0 Å². The van der Waals surface area contributed by atoms with Gasteiger partial charge >= 0.3 is 0 Å². The Bertz CT molecular complexity index is 800. The Balaban J connectivity index is 1.26. The van der Waals surface area contributed by atoms with Crippen molar-refractivity contribution in [3.63, 3.8) is 0 Å². The fourth-order valence-corrected chi connectivity index (χ4v) is 3.98. The second-order valence-corrected chi connectivity index (χ2v) is 7.73. The maximum atomic E-state index is 13.1. The van der Waals surface area contributed by atoms with E-state index in [0.717, 1.165) is 57.9 Å². The third-order valence-corrected chi connectivity index (χ3v) is 5.62. The van der Waals surface area contributed by atoms with E-state index in [2.05, 4.69) is 4.90 Å². The van der Waals surface area contributed by atoms with Crippen LogP contribution in [0, 0.1) is 0 Å². The lowest BCUT2D eigenvalue weighted by Gasteiger charge is -2.36. The van der Waals surface area contributed by atoms with Gasteiger partial charge in [0.2, 0.25) is 0 Å². The molecule has 0 aliphatic carbocycles. The van der Waals surface area contributed by atoms with Crippen molar-refractivity contribution in [1.82, 2.24) is 9.80 Å². The molecule has 1 unspecified atom stereocenters. The van der Waals surface area contributed by atoms with E-state index in [1.54, 1.807) is 0 Å². The Morgan fingerprint density at radius 2 is 1.67 bits per heavy atom. The summed E-state index contributed by atoms with van der Waals surface area (Å²) in [5.41, 5.74) is 0.616. The summed E-state index contributed by atoms with van der Waals surface area (Å²) in [6.45, 7) is 5.91. The van der Waals surface area contributed by atoms with Gasteiger partial charge in [-0.3, -0.25) is 9.69 Å². The van der Waals surface area contributed by atoms with E-state index < -0.39 is 0 Å². The number of para-hydroxylation sites is 2. The number of benzene rings is 2. The molecule has 2 aliphatic heterocycles. The van der Waals surface area contributed by atoms with Gasteiger partial charge in [-0.2, -0.15) is 0 Å². The van der Waals surface area contributed by atoms with Crippen LogP contribution in [-0.4, -0.2) is 74.4 Å². The van der Waals surface area contributed by atoms with Gasteiger partial charge in [-0.1, -0.05) is 30.3 Å². The number of ether oxygens (including phenoxy) is 3. The SMILES string of the molecule is O=C(c1ccccc1OCCOc1ccccc1)N1CCN(CC2CCCO2)CC1. The Morgan fingerprint density at radius 1 is 0.933 bits per heavy atom. The number of hydrogen-bond donors (Lipinski definition) is 0. The molecular formula is C24H30N2O4. The maximum Gasteiger partial charge on any atom is 0.257 e. The predicted molar refractivity (Wildman–Crippen MR) is 115 cm³/mol. The first-order chi connectivity index (χ1) is 14.8. The summed E-state index contributed by atoms with van der Waals surface area (Å²) >= 11 is 0. The van der Waals surface area contributed by atoms with Crippen molar-refractivity contribution in [2.24, 2.45) is 0 Å². The summed E-state index contributed by atoms with van der Waals surface area (Å²) in [5.74, 6) is 1.46. The lowest BCUT2D eigenvalue weighted by atomic mass is 10.1. The Hall–Kier alpha value is -2.57. The predicted octanol–water partition coefficient (Wildman–Crippen LogP) is 3.08. The van der Waals surface area contributed by atoms with E-state index in [4.69, 9.17) is 14.2 Å². The Labute approximate surface area is 178 Å². The molecule has 1 amide bonds. The van der Waals surface area contributed by atoms with Gasteiger partial charge in [0.25, 0.3) is 5.91 Å². The molecule has 2 heterocycles. The van der Waals surface area contributed by atoms with Crippen molar-refractivity contribution in [2.75, 3.05) is 52.5 Å². The van der Waals surface area contributed by atoms with Gasteiger partial charge in [-0.15, -0.1) is 0 Å². The molecule has 2 aromatic carbocycles. The number of rotatable bonds is 8. The summed E-state index contributed by atoms with van der Waals surface area (Å²) < 4.78 is 17.3. The van der Waals surface area contributed by atoms with Gasteiger partial charge in [-0.25, -0.2) is 0 Å². The minimum Gasteiger partial charge on any atom is -0.490 e. The second kappa shape index (κ2) is 10.5. The normalized spacial score (nSPS) is 19.6.